The Labute approximate surface area is 168 Å². The van der Waals surface area contributed by atoms with E-state index in [1.165, 1.54) is 11.1 Å². The highest BCUT2D eigenvalue weighted by molar-refractivity contribution is 5.77. The molecule has 3 rings (SSSR count). The number of hydrogen-bond donors (Lipinski definition) is 1. The largest absolute Gasteiger partial charge is 0.374 e. The lowest BCUT2D eigenvalue weighted by Gasteiger charge is -2.34. The van der Waals surface area contributed by atoms with E-state index in [1.54, 1.807) is 0 Å². The minimum atomic E-state index is 0.0621. The zero-order chi connectivity index (χ0) is 19.8. The monoisotopic (exact) mass is 380 g/mol. The van der Waals surface area contributed by atoms with Crippen LogP contribution in [0.4, 0.5) is 0 Å². The minimum absolute atomic E-state index is 0.0621. The van der Waals surface area contributed by atoms with Crippen molar-refractivity contribution in [3.63, 3.8) is 0 Å². The Kier molecular flexibility index (Phi) is 7.63. The summed E-state index contributed by atoms with van der Waals surface area (Å²) >= 11 is 0. The molecule has 0 bridgehead atoms. The molecule has 1 aliphatic rings. The normalized spacial score (nSPS) is 17.8. The first-order valence-electron chi connectivity index (χ1n) is 10.3. The molecule has 1 atom stereocenters. The molecule has 28 heavy (non-hydrogen) atoms. The van der Waals surface area contributed by atoms with E-state index in [9.17, 15) is 4.79 Å². The van der Waals surface area contributed by atoms with Crippen molar-refractivity contribution in [3.8, 4) is 0 Å². The van der Waals surface area contributed by atoms with Crippen LogP contribution in [0.1, 0.15) is 37.3 Å². The van der Waals surface area contributed by atoms with E-state index in [0.29, 0.717) is 18.9 Å². The average molecular weight is 381 g/mol. The predicted molar refractivity (Wildman–Crippen MR) is 113 cm³/mol. The molecular formula is C24H32N2O2. The van der Waals surface area contributed by atoms with E-state index in [2.05, 4.69) is 48.3 Å². The fourth-order valence-electron chi connectivity index (χ4n) is 3.87. The van der Waals surface area contributed by atoms with Gasteiger partial charge in [-0.3, -0.25) is 9.69 Å². The Hall–Kier alpha value is -2.17. The van der Waals surface area contributed by atoms with Gasteiger partial charge in [-0.25, -0.2) is 0 Å². The van der Waals surface area contributed by atoms with E-state index < -0.39 is 0 Å². The maximum atomic E-state index is 12.7. The maximum Gasteiger partial charge on any atom is 0.221 e. The summed E-state index contributed by atoms with van der Waals surface area (Å²) in [5.41, 5.74) is 2.33. The van der Waals surface area contributed by atoms with Crippen molar-refractivity contribution in [2.24, 2.45) is 5.92 Å². The van der Waals surface area contributed by atoms with Crippen LogP contribution in [-0.4, -0.2) is 49.7 Å². The van der Waals surface area contributed by atoms with Crippen molar-refractivity contribution in [3.05, 3.63) is 71.8 Å². The summed E-state index contributed by atoms with van der Waals surface area (Å²) in [7, 11) is 0. The predicted octanol–water partition coefficient (Wildman–Crippen LogP) is 3.68. The van der Waals surface area contributed by atoms with Gasteiger partial charge in [0, 0.05) is 38.5 Å². The average Bonchev–Trinajstić information content (AvgIpc) is 2.71. The summed E-state index contributed by atoms with van der Waals surface area (Å²) in [4.78, 5) is 15.2. The van der Waals surface area contributed by atoms with Gasteiger partial charge in [-0.2, -0.15) is 0 Å². The second-order valence-electron chi connectivity index (χ2n) is 8.03. The molecule has 0 aliphatic carbocycles. The van der Waals surface area contributed by atoms with Gasteiger partial charge in [0.2, 0.25) is 5.91 Å². The third-order valence-electron chi connectivity index (χ3n) is 5.17. The van der Waals surface area contributed by atoms with Gasteiger partial charge in [-0.15, -0.1) is 0 Å². The van der Waals surface area contributed by atoms with Gasteiger partial charge in [-0.1, -0.05) is 74.5 Å². The van der Waals surface area contributed by atoms with Crippen LogP contribution in [0.15, 0.2) is 60.7 Å². The molecule has 0 saturated carbocycles. The van der Waals surface area contributed by atoms with E-state index in [4.69, 9.17) is 4.74 Å². The van der Waals surface area contributed by atoms with Crippen LogP contribution >= 0.6 is 0 Å². The molecule has 1 fully saturated rings. The fraction of sp³-hybridized carbons (Fsp3) is 0.458. The molecule has 4 heteroatoms. The van der Waals surface area contributed by atoms with Crippen LogP contribution in [0, 0.1) is 5.92 Å². The molecular weight excluding hydrogens is 348 g/mol. The van der Waals surface area contributed by atoms with Crippen LogP contribution in [-0.2, 0) is 9.53 Å². The number of carbonyl (C=O) groups excluding carboxylic acids is 1. The number of benzene rings is 2. The van der Waals surface area contributed by atoms with Crippen LogP contribution in [0.5, 0.6) is 0 Å². The Balaban J connectivity index is 1.57. The van der Waals surface area contributed by atoms with Crippen molar-refractivity contribution in [2.75, 3.05) is 32.8 Å². The standard InChI is InChI=1S/C24H32N2O2/c1-19(2)17-26-13-14-28-22(18-26)16-25-24(27)15-23(20-9-5-3-6-10-20)21-11-7-4-8-12-21/h3-12,19,22-23H,13-18H2,1-2H3,(H,25,27). The third kappa shape index (κ3) is 6.18. The smallest absolute Gasteiger partial charge is 0.221 e. The van der Waals surface area contributed by atoms with Crippen LogP contribution < -0.4 is 5.32 Å². The van der Waals surface area contributed by atoms with E-state index >= 15 is 0 Å². The summed E-state index contributed by atoms with van der Waals surface area (Å²) in [6.07, 6.45) is 0.513. The van der Waals surface area contributed by atoms with E-state index in [0.717, 1.165) is 26.2 Å². The number of amides is 1. The second kappa shape index (κ2) is 10.4. The Morgan fingerprint density at radius 3 is 2.25 bits per heavy atom. The first kappa shape index (κ1) is 20.6. The molecule has 1 N–H and O–H groups in total. The number of morpholine rings is 1. The highest BCUT2D eigenvalue weighted by atomic mass is 16.5. The number of rotatable bonds is 8. The summed E-state index contributed by atoms with van der Waals surface area (Å²) < 4.78 is 5.86. The van der Waals surface area contributed by atoms with Gasteiger partial charge in [0.15, 0.2) is 0 Å². The topological polar surface area (TPSA) is 41.6 Å². The molecule has 4 nitrogen and oxygen atoms in total. The molecule has 1 unspecified atom stereocenters. The van der Waals surface area contributed by atoms with Crippen molar-refractivity contribution in [1.29, 1.82) is 0 Å². The molecule has 1 heterocycles. The van der Waals surface area contributed by atoms with Gasteiger partial charge >= 0.3 is 0 Å². The van der Waals surface area contributed by atoms with Crippen molar-refractivity contribution in [2.45, 2.75) is 32.3 Å². The minimum Gasteiger partial charge on any atom is -0.374 e. The number of ether oxygens (including phenoxy) is 1. The van der Waals surface area contributed by atoms with Gasteiger partial charge in [0.05, 0.1) is 12.7 Å². The molecule has 1 saturated heterocycles. The summed E-state index contributed by atoms with van der Waals surface area (Å²) in [6, 6.07) is 20.5. The van der Waals surface area contributed by atoms with Gasteiger partial charge < -0.3 is 10.1 Å². The first-order valence-corrected chi connectivity index (χ1v) is 10.3. The van der Waals surface area contributed by atoms with E-state index in [-0.39, 0.29) is 17.9 Å². The molecule has 2 aromatic rings. The van der Waals surface area contributed by atoms with Crippen LogP contribution in [0.2, 0.25) is 0 Å². The number of hydrogen-bond acceptors (Lipinski definition) is 3. The van der Waals surface area contributed by atoms with Crippen LogP contribution in [0.3, 0.4) is 0 Å². The summed E-state index contributed by atoms with van der Waals surface area (Å²) in [5.74, 6) is 0.778. The highest BCUT2D eigenvalue weighted by Gasteiger charge is 2.23. The molecule has 1 amide bonds. The molecule has 0 spiro atoms. The summed E-state index contributed by atoms with van der Waals surface area (Å²) in [5, 5.41) is 3.11. The van der Waals surface area contributed by atoms with Crippen molar-refractivity contribution < 1.29 is 9.53 Å². The van der Waals surface area contributed by atoms with Gasteiger partial charge in [0.25, 0.3) is 0 Å². The lowest BCUT2D eigenvalue weighted by Crippen LogP contribution is -2.48. The van der Waals surface area contributed by atoms with Crippen molar-refractivity contribution >= 4 is 5.91 Å². The third-order valence-corrected chi connectivity index (χ3v) is 5.17. The molecule has 2 aromatic carbocycles. The maximum absolute atomic E-state index is 12.7. The Morgan fingerprint density at radius 2 is 1.68 bits per heavy atom. The zero-order valence-electron chi connectivity index (χ0n) is 17.0. The Bertz CT molecular complexity index is 678. The van der Waals surface area contributed by atoms with E-state index in [1.807, 2.05) is 36.4 Å². The first-order chi connectivity index (χ1) is 13.6. The highest BCUT2D eigenvalue weighted by Crippen LogP contribution is 2.27. The number of nitrogens with one attached hydrogen (secondary N) is 1. The molecule has 1 aliphatic heterocycles. The second-order valence-corrected chi connectivity index (χ2v) is 8.03. The van der Waals surface area contributed by atoms with Crippen molar-refractivity contribution in [1.82, 2.24) is 10.2 Å². The molecule has 0 radical (unpaired) electrons. The number of carbonyl (C=O) groups is 1. The molecule has 0 aromatic heterocycles. The quantitative estimate of drug-likeness (QED) is 0.760. The SMILES string of the molecule is CC(C)CN1CCOC(CNC(=O)CC(c2ccccc2)c2ccccc2)C1. The lowest BCUT2D eigenvalue weighted by molar-refractivity contribution is -0.122. The Morgan fingerprint density at radius 1 is 1.07 bits per heavy atom. The van der Waals surface area contributed by atoms with Gasteiger partial charge in [0.1, 0.15) is 0 Å². The lowest BCUT2D eigenvalue weighted by atomic mass is 9.88. The number of nitrogens with zero attached hydrogens (tertiary/aromatic N) is 1. The zero-order valence-corrected chi connectivity index (χ0v) is 17.0. The summed E-state index contributed by atoms with van der Waals surface area (Å²) in [6.45, 7) is 8.73. The fourth-order valence-corrected chi connectivity index (χ4v) is 3.87. The van der Waals surface area contributed by atoms with Crippen LogP contribution in [0.25, 0.3) is 0 Å². The molecule has 150 valence electrons. The van der Waals surface area contributed by atoms with Gasteiger partial charge in [-0.05, 0) is 17.0 Å².